The Labute approximate surface area is 97.4 Å². The molecule has 0 aromatic rings. The van der Waals surface area contributed by atoms with Crippen LogP contribution in [-0.2, 0) is 9.59 Å². The molecule has 1 unspecified atom stereocenters. The Morgan fingerprint density at radius 1 is 1.24 bits per heavy atom. The number of carbonyl (C=O) groups is 2. The van der Waals surface area contributed by atoms with Crippen LogP contribution < -0.4 is 0 Å². The second-order valence-electron chi connectivity index (χ2n) is 5.03. The van der Waals surface area contributed by atoms with Crippen molar-refractivity contribution in [3.63, 3.8) is 0 Å². The SMILES string of the molecule is CN(C(=O)C(F)(F)F)C(CC(C)(C)C)C(=O)O. The lowest BCUT2D eigenvalue weighted by Crippen LogP contribution is -2.49. The molecule has 4 nitrogen and oxygen atoms in total. The fraction of sp³-hybridized carbons (Fsp3) is 0.800. The van der Waals surface area contributed by atoms with E-state index in [0.717, 1.165) is 7.05 Å². The van der Waals surface area contributed by atoms with Gasteiger partial charge in [0.25, 0.3) is 0 Å². The first-order valence-corrected chi connectivity index (χ1v) is 4.93. The number of hydrogen-bond donors (Lipinski definition) is 1. The number of carboxylic acid groups (broad SMARTS) is 1. The molecule has 100 valence electrons. The van der Waals surface area contributed by atoms with Gasteiger partial charge >= 0.3 is 18.1 Å². The predicted octanol–water partition coefficient (Wildman–Crippen LogP) is 1.90. The van der Waals surface area contributed by atoms with Gasteiger partial charge in [0.2, 0.25) is 0 Å². The summed E-state index contributed by atoms with van der Waals surface area (Å²) < 4.78 is 36.5. The van der Waals surface area contributed by atoms with E-state index in [0.29, 0.717) is 0 Å². The number of likely N-dealkylation sites (N-methyl/N-ethyl adjacent to an activating group) is 1. The van der Waals surface area contributed by atoms with Crippen molar-refractivity contribution in [2.75, 3.05) is 7.05 Å². The third kappa shape index (κ3) is 5.06. The minimum Gasteiger partial charge on any atom is -0.480 e. The molecule has 0 rings (SSSR count). The van der Waals surface area contributed by atoms with Crippen molar-refractivity contribution in [2.24, 2.45) is 5.41 Å². The molecule has 1 amide bonds. The molecule has 0 aliphatic carbocycles. The second kappa shape index (κ2) is 4.93. The number of carbonyl (C=O) groups excluding carboxylic acids is 1. The van der Waals surface area contributed by atoms with Crippen LogP contribution in [0.1, 0.15) is 27.2 Å². The van der Waals surface area contributed by atoms with E-state index in [4.69, 9.17) is 5.11 Å². The highest BCUT2D eigenvalue weighted by molar-refractivity contribution is 5.86. The maximum Gasteiger partial charge on any atom is 0.471 e. The molecular formula is C10H16F3NO3. The average molecular weight is 255 g/mol. The van der Waals surface area contributed by atoms with E-state index in [9.17, 15) is 22.8 Å². The third-order valence-corrected chi connectivity index (χ3v) is 2.12. The summed E-state index contributed by atoms with van der Waals surface area (Å²) in [6.45, 7) is 5.07. The van der Waals surface area contributed by atoms with Gasteiger partial charge in [-0.15, -0.1) is 0 Å². The molecule has 0 aliphatic rings. The lowest BCUT2D eigenvalue weighted by Gasteiger charge is -2.30. The molecule has 17 heavy (non-hydrogen) atoms. The van der Waals surface area contributed by atoms with E-state index in [1.165, 1.54) is 0 Å². The molecule has 1 atom stereocenters. The average Bonchev–Trinajstić information content (AvgIpc) is 2.08. The van der Waals surface area contributed by atoms with Gasteiger partial charge in [-0.3, -0.25) is 4.79 Å². The summed E-state index contributed by atoms with van der Waals surface area (Å²) in [5, 5.41) is 8.86. The van der Waals surface area contributed by atoms with Gasteiger partial charge in [0, 0.05) is 7.05 Å². The number of halogens is 3. The summed E-state index contributed by atoms with van der Waals surface area (Å²) in [4.78, 5) is 22.1. The largest absolute Gasteiger partial charge is 0.480 e. The molecule has 0 saturated carbocycles. The number of nitrogens with zero attached hydrogens (tertiary/aromatic N) is 1. The molecule has 0 aliphatic heterocycles. The van der Waals surface area contributed by atoms with Crippen LogP contribution in [0.25, 0.3) is 0 Å². The van der Waals surface area contributed by atoms with Gasteiger partial charge in [0.1, 0.15) is 6.04 Å². The molecule has 0 heterocycles. The van der Waals surface area contributed by atoms with E-state index in [-0.39, 0.29) is 11.3 Å². The number of aliphatic carboxylic acids is 1. The third-order valence-electron chi connectivity index (χ3n) is 2.12. The van der Waals surface area contributed by atoms with Gasteiger partial charge in [-0.2, -0.15) is 13.2 Å². The number of rotatable bonds is 3. The fourth-order valence-corrected chi connectivity index (χ4v) is 1.31. The summed E-state index contributed by atoms with van der Waals surface area (Å²) in [5.41, 5.74) is -0.497. The van der Waals surface area contributed by atoms with Crippen molar-refractivity contribution in [1.82, 2.24) is 4.90 Å². The van der Waals surface area contributed by atoms with Crippen LogP contribution in [0.5, 0.6) is 0 Å². The van der Waals surface area contributed by atoms with Crippen LogP contribution in [0.15, 0.2) is 0 Å². The molecule has 0 bridgehead atoms. The molecule has 0 aromatic heterocycles. The van der Waals surface area contributed by atoms with Crippen LogP contribution in [0.3, 0.4) is 0 Å². The molecular weight excluding hydrogens is 239 g/mol. The summed E-state index contributed by atoms with van der Waals surface area (Å²) >= 11 is 0. The second-order valence-corrected chi connectivity index (χ2v) is 5.03. The topological polar surface area (TPSA) is 57.6 Å². The van der Waals surface area contributed by atoms with Gasteiger partial charge in [0.05, 0.1) is 0 Å². The molecule has 7 heteroatoms. The highest BCUT2D eigenvalue weighted by atomic mass is 19.4. The number of amides is 1. The van der Waals surface area contributed by atoms with Crippen molar-refractivity contribution in [3.8, 4) is 0 Å². The summed E-state index contributed by atoms with van der Waals surface area (Å²) in [6, 6.07) is -1.48. The van der Waals surface area contributed by atoms with Crippen molar-refractivity contribution >= 4 is 11.9 Å². The molecule has 0 radical (unpaired) electrons. The standard InChI is InChI=1S/C10H16F3NO3/c1-9(2,3)5-6(7(15)16)14(4)8(17)10(11,12)13/h6H,5H2,1-4H3,(H,15,16). The van der Waals surface area contributed by atoms with Crippen LogP contribution >= 0.6 is 0 Å². The first kappa shape index (κ1) is 15.7. The van der Waals surface area contributed by atoms with Crippen molar-refractivity contribution < 1.29 is 27.9 Å². The first-order valence-electron chi connectivity index (χ1n) is 4.93. The Morgan fingerprint density at radius 2 is 1.65 bits per heavy atom. The van der Waals surface area contributed by atoms with Gasteiger partial charge in [-0.05, 0) is 11.8 Å². The van der Waals surface area contributed by atoms with Crippen LogP contribution in [0.2, 0.25) is 0 Å². The molecule has 0 spiro atoms. The van der Waals surface area contributed by atoms with E-state index in [2.05, 4.69) is 0 Å². The summed E-state index contributed by atoms with van der Waals surface area (Å²) in [6.07, 6.45) is -5.11. The molecule has 0 aromatic carbocycles. The molecule has 0 fully saturated rings. The monoisotopic (exact) mass is 255 g/mol. The minimum absolute atomic E-state index is 0.0549. The van der Waals surface area contributed by atoms with Crippen LogP contribution in [0, 0.1) is 5.41 Å². The Balaban J connectivity index is 4.97. The summed E-state index contributed by atoms with van der Waals surface area (Å²) in [7, 11) is 0.848. The fourth-order valence-electron chi connectivity index (χ4n) is 1.31. The van der Waals surface area contributed by atoms with Crippen molar-refractivity contribution in [2.45, 2.75) is 39.4 Å². The van der Waals surface area contributed by atoms with Gasteiger partial charge in [0.15, 0.2) is 0 Å². The molecule has 0 saturated heterocycles. The van der Waals surface area contributed by atoms with E-state index in [1.54, 1.807) is 20.8 Å². The normalized spacial score (nSPS) is 14.3. The quantitative estimate of drug-likeness (QED) is 0.837. The van der Waals surface area contributed by atoms with Gasteiger partial charge in [-0.25, -0.2) is 4.79 Å². The van der Waals surface area contributed by atoms with E-state index < -0.39 is 29.5 Å². The lowest BCUT2D eigenvalue weighted by molar-refractivity contribution is -0.188. The zero-order valence-corrected chi connectivity index (χ0v) is 10.1. The Hall–Kier alpha value is -1.27. The maximum atomic E-state index is 12.2. The number of carboxylic acids is 1. The Morgan fingerprint density at radius 3 is 1.88 bits per heavy atom. The van der Waals surface area contributed by atoms with E-state index in [1.807, 2.05) is 0 Å². The maximum absolute atomic E-state index is 12.2. The lowest BCUT2D eigenvalue weighted by atomic mass is 9.87. The van der Waals surface area contributed by atoms with Crippen molar-refractivity contribution in [3.05, 3.63) is 0 Å². The first-order chi connectivity index (χ1) is 7.36. The van der Waals surface area contributed by atoms with Crippen LogP contribution in [0.4, 0.5) is 13.2 Å². The van der Waals surface area contributed by atoms with E-state index >= 15 is 0 Å². The Bertz CT molecular complexity index is 307. The van der Waals surface area contributed by atoms with Crippen LogP contribution in [-0.4, -0.2) is 41.1 Å². The number of hydrogen-bond acceptors (Lipinski definition) is 2. The minimum atomic E-state index is -5.06. The summed E-state index contributed by atoms with van der Waals surface area (Å²) in [5.74, 6) is -3.59. The van der Waals surface area contributed by atoms with Gasteiger partial charge in [-0.1, -0.05) is 20.8 Å². The molecule has 1 N–H and O–H groups in total. The highest BCUT2D eigenvalue weighted by Gasteiger charge is 2.45. The van der Waals surface area contributed by atoms with Gasteiger partial charge < -0.3 is 10.0 Å². The highest BCUT2D eigenvalue weighted by Crippen LogP contribution is 2.26. The zero-order chi connectivity index (χ0) is 14.0. The number of alkyl halides is 3. The zero-order valence-electron chi connectivity index (χ0n) is 10.1. The predicted molar refractivity (Wildman–Crippen MR) is 54.3 cm³/mol. The van der Waals surface area contributed by atoms with Crippen molar-refractivity contribution in [1.29, 1.82) is 0 Å². The smallest absolute Gasteiger partial charge is 0.471 e. The Kier molecular flexibility index (Phi) is 4.56.